The van der Waals surface area contributed by atoms with Crippen molar-refractivity contribution in [2.24, 2.45) is 17.8 Å². The number of amides is 2. The molecular weight excluding hydrogens is 568 g/mol. The average molecular weight is 619 g/mol. The number of hydrogen-bond donors (Lipinski definition) is 2. The van der Waals surface area contributed by atoms with E-state index in [0.29, 0.717) is 29.9 Å². The average Bonchev–Trinajstić information content (AvgIpc) is 3.89. The molecule has 1 aromatic carbocycles. The number of anilines is 1. The fourth-order valence-electron chi connectivity index (χ4n) is 6.05. The van der Waals surface area contributed by atoms with Crippen molar-refractivity contribution in [2.45, 2.75) is 104 Å². The van der Waals surface area contributed by atoms with Crippen LogP contribution in [0.2, 0.25) is 25.7 Å². The highest BCUT2D eigenvalue weighted by molar-refractivity contribution is 6.76. The zero-order valence-electron chi connectivity index (χ0n) is 27.5. The van der Waals surface area contributed by atoms with E-state index in [1.54, 1.807) is 16.9 Å². The first kappa shape index (κ1) is 32.2. The van der Waals surface area contributed by atoms with E-state index in [1.165, 1.54) is 0 Å². The third-order valence-corrected chi connectivity index (χ3v) is 10.4. The molecule has 2 N–H and O–H groups in total. The Morgan fingerprint density at radius 2 is 1.66 bits per heavy atom. The normalized spacial score (nSPS) is 16.1. The molecule has 2 fully saturated rings. The van der Waals surface area contributed by atoms with Crippen LogP contribution in [-0.2, 0) is 16.3 Å². The maximum Gasteiger partial charge on any atom is 0.270 e. The third-order valence-electron chi connectivity index (χ3n) is 8.74. The number of carbonyl (C=O) groups is 2. The highest BCUT2D eigenvalue weighted by atomic mass is 28.3. The van der Waals surface area contributed by atoms with E-state index in [2.05, 4.69) is 53.8 Å². The van der Waals surface area contributed by atoms with Crippen LogP contribution in [-0.4, -0.2) is 51.9 Å². The minimum Gasteiger partial charge on any atom is -0.361 e. The molecule has 0 spiro atoms. The topological polar surface area (TPSA) is 103 Å². The summed E-state index contributed by atoms with van der Waals surface area (Å²) in [6, 6.07) is 10.2. The molecule has 0 saturated heterocycles. The molecule has 10 heteroatoms. The quantitative estimate of drug-likeness (QED) is 0.142. The minimum atomic E-state index is -1.17. The highest BCUT2D eigenvalue weighted by Crippen LogP contribution is 2.51. The van der Waals surface area contributed by atoms with Gasteiger partial charge in [0.15, 0.2) is 0 Å². The second kappa shape index (κ2) is 13.4. The van der Waals surface area contributed by atoms with Crippen LogP contribution in [0, 0.1) is 17.8 Å². The van der Waals surface area contributed by atoms with E-state index in [1.807, 2.05) is 44.4 Å². The lowest BCUT2D eigenvalue weighted by Crippen LogP contribution is -2.50. The molecule has 238 valence electrons. The number of rotatable bonds is 15. The van der Waals surface area contributed by atoms with Crippen molar-refractivity contribution in [3.8, 4) is 11.3 Å². The molecule has 0 unspecified atom stereocenters. The summed E-state index contributed by atoms with van der Waals surface area (Å²) in [7, 11) is -1.17. The Hall–Kier alpha value is -3.24. The van der Waals surface area contributed by atoms with Gasteiger partial charge in [-0.1, -0.05) is 45.6 Å². The van der Waals surface area contributed by atoms with Crippen LogP contribution in [0.3, 0.4) is 0 Å². The first-order valence-corrected chi connectivity index (χ1v) is 20.0. The van der Waals surface area contributed by atoms with Crippen LogP contribution >= 0.6 is 0 Å². The lowest BCUT2D eigenvalue weighted by molar-refractivity contribution is -0.119. The molecular formula is C34H50N6O3Si. The number of imidazole rings is 1. The summed E-state index contributed by atoms with van der Waals surface area (Å²) < 4.78 is 9.85. The van der Waals surface area contributed by atoms with Gasteiger partial charge in [-0.15, -0.1) is 0 Å². The number of nitrogens with one attached hydrogen (secondary N) is 2. The number of benzene rings is 1. The Morgan fingerprint density at radius 3 is 2.23 bits per heavy atom. The van der Waals surface area contributed by atoms with Crippen LogP contribution < -0.4 is 10.6 Å². The maximum atomic E-state index is 13.9. The number of hydrogen-bond acceptors (Lipinski definition) is 5. The number of nitrogens with zero attached hydrogens (tertiary/aromatic N) is 4. The predicted molar refractivity (Wildman–Crippen MR) is 177 cm³/mol. The molecule has 1 atom stereocenters. The van der Waals surface area contributed by atoms with Crippen molar-refractivity contribution in [1.29, 1.82) is 0 Å². The molecule has 2 aliphatic carbocycles. The highest BCUT2D eigenvalue weighted by Gasteiger charge is 2.48. The number of carbonyl (C=O) groups excluding carboxylic acids is 2. The molecule has 0 aliphatic heterocycles. The zero-order chi connectivity index (χ0) is 31.6. The second-order valence-corrected chi connectivity index (χ2v) is 20.1. The molecule has 5 rings (SSSR count). The summed E-state index contributed by atoms with van der Waals surface area (Å²) >= 11 is 0. The minimum absolute atomic E-state index is 0.0448. The molecule has 0 radical (unpaired) electrons. The van der Waals surface area contributed by atoms with Crippen molar-refractivity contribution in [1.82, 2.24) is 24.6 Å². The zero-order valence-corrected chi connectivity index (χ0v) is 28.5. The van der Waals surface area contributed by atoms with Crippen molar-refractivity contribution >= 4 is 25.6 Å². The van der Waals surface area contributed by atoms with Gasteiger partial charge in [0.25, 0.3) is 5.91 Å². The SMILES string of the molecule is CC(C)c1ncn(COCC[Si](C)(C)C)c1-c1ccc(NC(=O)[C@@H](NC(=O)c2ccnn2C(C)C)C(C2CC2)C2CC2)cc1. The fourth-order valence-corrected chi connectivity index (χ4v) is 6.81. The first-order chi connectivity index (χ1) is 20.9. The molecule has 3 aromatic rings. The van der Waals surface area contributed by atoms with E-state index in [9.17, 15) is 9.59 Å². The molecule has 2 amide bonds. The van der Waals surface area contributed by atoms with Gasteiger partial charge in [0.2, 0.25) is 5.91 Å². The van der Waals surface area contributed by atoms with Gasteiger partial charge in [-0.25, -0.2) is 4.98 Å². The lowest BCUT2D eigenvalue weighted by atomic mass is 9.88. The monoisotopic (exact) mass is 618 g/mol. The van der Waals surface area contributed by atoms with E-state index in [-0.39, 0.29) is 29.7 Å². The van der Waals surface area contributed by atoms with E-state index in [0.717, 1.165) is 55.3 Å². The van der Waals surface area contributed by atoms with E-state index >= 15 is 0 Å². The van der Waals surface area contributed by atoms with Crippen molar-refractivity contribution in [2.75, 3.05) is 11.9 Å². The summed E-state index contributed by atoms with van der Waals surface area (Å²) in [6.07, 6.45) is 7.98. The smallest absolute Gasteiger partial charge is 0.270 e. The van der Waals surface area contributed by atoms with Gasteiger partial charge in [0.05, 0.1) is 17.7 Å². The van der Waals surface area contributed by atoms with E-state index in [4.69, 9.17) is 9.72 Å². The van der Waals surface area contributed by atoms with Crippen LogP contribution in [0.15, 0.2) is 42.9 Å². The predicted octanol–water partition coefficient (Wildman–Crippen LogP) is 6.94. The molecule has 2 heterocycles. The molecule has 2 saturated carbocycles. The van der Waals surface area contributed by atoms with E-state index < -0.39 is 14.1 Å². The molecule has 2 aliphatic rings. The lowest BCUT2D eigenvalue weighted by Gasteiger charge is -2.28. The van der Waals surface area contributed by atoms with Crippen molar-refractivity contribution in [3.63, 3.8) is 0 Å². The molecule has 44 heavy (non-hydrogen) atoms. The van der Waals surface area contributed by atoms with Gasteiger partial charge in [-0.05, 0) is 87.4 Å². The molecule has 0 bridgehead atoms. The van der Waals surface area contributed by atoms with Gasteiger partial charge in [-0.3, -0.25) is 14.3 Å². The van der Waals surface area contributed by atoms with Gasteiger partial charge in [0.1, 0.15) is 18.5 Å². The molecule has 2 aromatic heterocycles. The summed E-state index contributed by atoms with van der Waals surface area (Å²) in [6.45, 7) is 16.5. The summed E-state index contributed by atoms with van der Waals surface area (Å²) in [5.74, 6) is 0.967. The maximum absolute atomic E-state index is 13.9. The Kier molecular flexibility index (Phi) is 9.79. The van der Waals surface area contributed by atoms with Crippen LogP contribution in [0.25, 0.3) is 11.3 Å². The second-order valence-electron chi connectivity index (χ2n) is 14.5. The van der Waals surface area contributed by atoms with Gasteiger partial charge < -0.3 is 19.9 Å². The van der Waals surface area contributed by atoms with Crippen molar-refractivity contribution in [3.05, 3.63) is 54.2 Å². The van der Waals surface area contributed by atoms with Crippen LogP contribution in [0.4, 0.5) is 5.69 Å². The third kappa shape index (κ3) is 7.88. The largest absolute Gasteiger partial charge is 0.361 e. The Balaban J connectivity index is 1.32. The van der Waals surface area contributed by atoms with Crippen LogP contribution in [0.5, 0.6) is 0 Å². The summed E-state index contributed by atoms with van der Waals surface area (Å²) in [5.41, 5.74) is 4.28. The summed E-state index contributed by atoms with van der Waals surface area (Å²) in [4.78, 5) is 32.1. The van der Waals surface area contributed by atoms with Crippen LogP contribution in [0.1, 0.15) is 81.5 Å². The number of ether oxygens (including phenoxy) is 1. The van der Waals surface area contributed by atoms with Gasteiger partial charge >= 0.3 is 0 Å². The molecule has 9 nitrogen and oxygen atoms in total. The van der Waals surface area contributed by atoms with Gasteiger partial charge in [-0.2, -0.15) is 5.10 Å². The summed E-state index contributed by atoms with van der Waals surface area (Å²) in [5, 5.41) is 10.6. The Labute approximate surface area is 263 Å². The standard InChI is InChI=1S/C34H50N6O3Si/c1-22(2)30-32(39(20-35-30)21-43-18-19-44(5,6)7)26-12-14-27(15-13-26)37-34(42)31(29(24-8-9-24)25-10-11-25)38-33(41)28-16-17-36-40(28)23(3)4/h12-17,20,22-25,29,31H,8-11,18-19,21H2,1-7H3,(H,37,42)(H,38,41)/t31-/m0/s1. The first-order valence-electron chi connectivity index (χ1n) is 16.3. The Bertz CT molecular complexity index is 1420. The Morgan fingerprint density at radius 1 is 1.00 bits per heavy atom. The fraction of sp³-hybridized carbons (Fsp3) is 0.588. The van der Waals surface area contributed by atoms with Gasteiger partial charge in [0, 0.05) is 38.2 Å². The number of aromatic nitrogens is 4. The van der Waals surface area contributed by atoms with Crippen molar-refractivity contribution < 1.29 is 14.3 Å².